The zero-order valence-corrected chi connectivity index (χ0v) is 38.0. The van der Waals surface area contributed by atoms with E-state index in [0.29, 0.717) is 37.1 Å². The molecule has 1 aliphatic rings. The first-order valence-electron chi connectivity index (χ1n) is 22.9. The lowest BCUT2D eigenvalue weighted by molar-refractivity contribution is -0.123. The van der Waals surface area contributed by atoms with Gasteiger partial charge in [0.1, 0.15) is 18.3 Å². The minimum Gasteiger partial charge on any atom is -0.670 e. The zero-order chi connectivity index (χ0) is 46.1. The number of aromatic nitrogens is 1. The van der Waals surface area contributed by atoms with Crippen molar-refractivity contribution in [2.75, 3.05) is 27.4 Å². The third-order valence-corrected chi connectivity index (χ3v) is 13.4. The van der Waals surface area contributed by atoms with E-state index in [9.17, 15) is 25.5 Å². The Morgan fingerprint density at radius 2 is 1.62 bits per heavy atom. The Morgan fingerprint density at radius 1 is 0.846 bits per heavy atom. The summed E-state index contributed by atoms with van der Waals surface area (Å²) in [4.78, 5) is 19.4. The summed E-state index contributed by atoms with van der Waals surface area (Å²) in [5.74, 6) is -0.791. The fraction of sp³-hybridized carbons (Fsp3) is 0.389. The van der Waals surface area contributed by atoms with Crippen LogP contribution in [0.15, 0.2) is 103 Å². The van der Waals surface area contributed by atoms with Gasteiger partial charge < -0.3 is 45.3 Å². The number of nitrogens with zero attached hydrogens (tertiary/aromatic N) is 1. The third-order valence-electron chi connectivity index (χ3n) is 13.4. The fourth-order valence-corrected chi connectivity index (χ4v) is 9.88. The van der Waals surface area contributed by atoms with Crippen molar-refractivity contribution in [1.82, 2.24) is 15.6 Å². The number of ketones is 1. The number of hydrogen-bond acceptors (Lipinski definition) is 10. The van der Waals surface area contributed by atoms with Gasteiger partial charge in [-0.05, 0) is 133 Å². The first-order chi connectivity index (χ1) is 31.4. The maximum Gasteiger partial charge on any atom is 0.164 e. The van der Waals surface area contributed by atoms with Crippen molar-refractivity contribution < 1.29 is 39.8 Å². The lowest BCUT2D eigenvalue weighted by atomic mass is 9.79. The molecule has 1 saturated carbocycles. The summed E-state index contributed by atoms with van der Waals surface area (Å²) in [6, 6.07) is 28.5. The molecular weight excluding hydrogens is 819 g/mol. The van der Waals surface area contributed by atoms with Crippen molar-refractivity contribution in [1.29, 1.82) is 0 Å². The second-order valence-electron chi connectivity index (χ2n) is 17.8. The molecule has 5 aromatic carbocycles. The van der Waals surface area contributed by atoms with Crippen LogP contribution in [0.3, 0.4) is 0 Å². The van der Waals surface area contributed by atoms with Crippen LogP contribution in [0.2, 0.25) is 0 Å². The summed E-state index contributed by atoms with van der Waals surface area (Å²) < 4.78 is 11.7. The number of aromatic hydroxyl groups is 3. The second kappa shape index (κ2) is 21.4. The van der Waals surface area contributed by atoms with Gasteiger partial charge in [-0.3, -0.25) is 10.1 Å². The molecule has 0 spiro atoms. The van der Waals surface area contributed by atoms with E-state index in [0.717, 1.165) is 76.3 Å². The predicted octanol–water partition coefficient (Wildman–Crippen LogP) is 8.12. The molecule has 344 valence electrons. The van der Waals surface area contributed by atoms with Crippen molar-refractivity contribution in [3.8, 4) is 28.7 Å². The van der Waals surface area contributed by atoms with Crippen molar-refractivity contribution in [3.63, 3.8) is 0 Å². The first kappa shape index (κ1) is 47.1. The molecule has 7 N–H and O–H groups in total. The van der Waals surface area contributed by atoms with Crippen LogP contribution in [-0.4, -0.2) is 71.0 Å². The standard InChI is InChI=1S/C54H64N3O8/c1-5-37-13-14-38-10-6-7-11-44(38)45(37)29-47-39(15-17-49(61)53(47)64-4)25-41(22-36-18-21-56-32-36)50(62)30-51(63)46(23-35-12-16-48(60)52(24-35)65-33-57-31-34(2)58)40-26-42(28-43(59)27-40)54(55-3)19-8-9-20-54/h6-7,10-18,21,24,26-28,32,34,41,46,50,55,57-62H,5,8-9,19-20,22-23,25,29-31,33H2,1-4H3/q-1/t34-,41-,46+,50+/m0/s1. The highest BCUT2D eigenvalue weighted by atomic mass is 16.5. The van der Waals surface area contributed by atoms with E-state index in [4.69, 9.17) is 9.47 Å². The Bertz CT molecular complexity index is 2530. The molecule has 0 radical (unpaired) electrons. The Hall–Kier alpha value is -5.85. The van der Waals surface area contributed by atoms with Gasteiger partial charge in [0, 0.05) is 36.4 Å². The number of rotatable bonds is 22. The van der Waals surface area contributed by atoms with E-state index < -0.39 is 24.0 Å². The molecule has 11 nitrogen and oxygen atoms in total. The molecule has 0 unspecified atom stereocenters. The van der Waals surface area contributed by atoms with E-state index in [1.165, 1.54) is 11.6 Å². The molecule has 1 fully saturated rings. The van der Waals surface area contributed by atoms with Gasteiger partial charge in [-0.2, -0.15) is 12.4 Å². The number of fused-ring (bicyclic) bond motifs is 1. The van der Waals surface area contributed by atoms with Crippen molar-refractivity contribution in [2.45, 2.75) is 102 Å². The Labute approximate surface area is 382 Å². The molecule has 0 saturated heterocycles. The molecule has 1 aromatic heterocycles. The van der Waals surface area contributed by atoms with Crippen molar-refractivity contribution in [2.24, 2.45) is 5.92 Å². The monoisotopic (exact) mass is 882 g/mol. The summed E-state index contributed by atoms with van der Waals surface area (Å²) in [5.41, 5.74) is 6.92. The van der Waals surface area contributed by atoms with Gasteiger partial charge in [0.15, 0.2) is 23.0 Å². The summed E-state index contributed by atoms with van der Waals surface area (Å²) in [7, 11) is 3.49. The van der Waals surface area contributed by atoms with Crippen LogP contribution in [0.4, 0.5) is 0 Å². The van der Waals surface area contributed by atoms with Gasteiger partial charge in [0.2, 0.25) is 0 Å². The first-order valence-corrected chi connectivity index (χ1v) is 22.9. The smallest absolute Gasteiger partial charge is 0.164 e. The molecule has 1 heterocycles. The molecule has 4 atom stereocenters. The number of hydrogen-bond donors (Lipinski definition) is 7. The number of nitrogens with one attached hydrogen (secondary N) is 2. The van der Waals surface area contributed by atoms with Crippen LogP contribution in [0.5, 0.6) is 28.7 Å². The number of ether oxygens (including phenoxy) is 2. The number of carbonyl (C=O) groups excluding carboxylic acids is 1. The largest absolute Gasteiger partial charge is 0.670 e. The average Bonchev–Trinajstić information content (AvgIpc) is 4.02. The topological polar surface area (TPSA) is 175 Å². The maximum atomic E-state index is 15.0. The van der Waals surface area contributed by atoms with Crippen LogP contribution in [-0.2, 0) is 42.4 Å². The number of carbonyl (C=O) groups is 1. The summed E-state index contributed by atoms with van der Waals surface area (Å²) in [6.07, 6.45) is 7.88. The van der Waals surface area contributed by atoms with Gasteiger partial charge in [-0.15, -0.1) is 0 Å². The highest BCUT2D eigenvalue weighted by Crippen LogP contribution is 2.42. The quantitative estimate of drug-likeness (QED) is 0.0259. The highest BCUT2D eigenvalue weighted by molar-refractivity contribution is 5.88. The molecule has 65 heavy (non-hydrogen) atoms. The summed E-state index contributed by atoms with van der Waals surface area (Å²) in [5, 5.41) is 64.0. The van der Waals surface area contributed by atoms with Crippen LogP contribution in [0, 0.1) is 5.92 Å². The fourth-order valence-electron chi connectivity index (χ4n) is 9.88. The van der Waals surface area contributed by atoms with Crippen LogP contribution < -0.4 is 25.1 Å². The maximum absolute atomic E-state index is 15.0. The molecular formula is C54H64N3O8-. The van der Waals surface area contributed by atoms with Crippen molar-refractivity contribution in [3.05, 3.63) is 148 Å². The number of aliphatic hydroxyl groups is 2. The van der Waals surface area contributed by atoms with Gasteiger partial charge >= 0.3 is 0 Å². The van der Waals surface area contributed by atoms with E-state index in [-0.39, 0.29) is 53.9 Å². The number of aliphatic hydroxyl groups excluding tert-OH is 2. The molecule has 7 rings (SSSR count). The summed E-state index contributed by atoms with van der Waals surface area (Å²) >= 11 is 0. The zero-order valence-electron chi connectivity index (χ0n) is 38.0. The van der Waals surface area contributed by atoms with Crippen LogP contribution >= 0.6 is 0 Å². The van der Waals surface area contributed by atoms with E-state index in [1.54, 1.807) is 56.8 Å². The SMILES string of the molecule is CCc1ccc2ccccc2c1Cc1c(C[C@H](Cc2cc[n-]c2)[C@H](O)CC(=O)[C@H](Cc2ccc(O)c(OCNC[C@H](C)O)c2)c2cc(O)cc(C3(NC)CCCC3)c2)ccc(O)c1OC. The van der Waals surface area contributed by atoms with Gasteiger partial charge in [0.05, 0.1) is 19.3 Å². The highest BCUT2D eigenvalue weighted by Gasteiger charge is 2.36. The number of benzene rings is 5. The van der Waals surface area contributed by atoms with Crippen LogP contribution in [0.25, 0.3) is 10.8 Å². The lowest BCUT2D eigenvalue weighted by Gasteiger charge is -2.31. The number of Topliss-reactive ketones (excluding diaryl/α,β-unsaturated/α-hetero) is 1. The van der Waals surface area contributed by atoms with Gasteiger partial charge in [-0.25, -0.2) is 0 Å². The minimum absolute atomic E-state index is 0.0295. The number of phenolic OH excluding ortho intramolecular Hbond substituents is 3. The Balaban J connectivity index is 1.24. The number of phenols is 3. The minimum atomic E-state index is -1.09. The van der Waals surface area contributed by atoms with Crippen molar-refractivity contribution >= 4 is 16.6 Å². The molecule has 0 amide bonds. The van der Waals surface area contributed by atoms with Crippen LogP contribution in [0.1, 0.15) is 96.4 Å². The Kier molecular flexibility index (Phi) is 15.5. The number of methoxy groups -OCH3 is 1. The second-order valence-corrected chi connectivity index (χ2v) is 17.8. The average molecular weight is 883 g/mol. The van der Waals surface area contributed by atoms with E-state index in [2.05, 4.69) is 46.8 Å². The Morgan fingerprint density at radius 3 is 2.34 bits per heavy atom. The molecule has 6 aromatic rings. The normalized spacial score (nSPS) is 15.4. The van der Waals surface area contributed by atoms with E-state index in [1.807, 2.05) is 37.4 Å². The predicted molar refractivity (Wildman–Crippen MR) is 254 cm³/mol. The van der Waals surface area contributed by atoms with E-state index >= 15 is 4.79 Å². The molecule has 11 heteroatoms. The molecule has 0 bridgehead atoms. The lowest BCUT2D eigenvalue weighted by Crippen LogP contribution is -2.37. The summed E-state index contributed by atoms with van der Waals surface area (Å²) in [6.45, 7) is 4.16. The number of aryl methyl sites for hydroxylation is 1. The molecule has 1 aliphatic carbocycles. The van der Waals surface area contributed by atoms with Gasteiger partial charge in [0.25, 0.3) is 0 Å². The third kappa shape index (κ3) is 11.2. The molecule has 0 aliphatic heterocycles. The van der Waals surface area contributed by atoms with Gasteiger partial charge in [-0.1, -0.05) is 86.0 Å².